The normalized spacial score (nSPS) is 13.4. The standard InChI is InChI=1S/C4H10N2O/c1-2-3(5)4(6)7/h3H,2,5H2,1H3,(H2,6,7)/p+1. The van der Waals surface area contributed by atoms with E-state index in [-0.39, 0.29) is 1.43 Å². The van der Waals surface area contributed by atoms with Gasteiger partial charge in [0.25, 0.3) is 0 Å². The van der Waals surface area contributed by atoms with Gasteiger partial charge in [0, 0.05) is 0 Å². The van der Waals surface area contributed by atoms with E-state index in [0.717, 1.165) is 0 Å². The summed E-state index contributed by atoms with van der Waals surface area (Å²) in [4.78, 5) is 10.0. The smallest absolute Gasteiger partial charge is 0.368 e. The van der Waals surface area contributed by atoms with Gasteiger partial charge >= 0.3 is 1.43 Å². The molecule has 0 rings (SSSR count). The van der Waals surface area contributed by atoms with E-state index in [1.165, 1.54) is 0 Å². The highest BCUT2D eigenvalue weighted by Gasteiger charge is 2.02. The number of amides is 1. The second-order valence-corrected chi connectivity index (χ2v) is 1.42. The first-order valence-electron chi connectivity index (χ1n) is 2.23. The maximum atomic E-state index is 10.0. The van der Waals surface area contributed by atoms with Crippen molar-refractivity contribution in [2.45, 2.75) is 19.4 Å². The van der Waals surface area contributed by atoms with Crippen LogP contribution in [0, 0.1) is 0 Å². The van der Waals surface area contributed by atoms with Gasteiger partial charge in [0.15, 0.2) is 0 Å². The van der Waals surface area contributed by atoms with E-state index in [1.807, 2.05) is 6.92 Å². The summed E-state index contributed by atoms with van der Waals surface area (Å²) in [5.74, 6) is -0.428. The lowest BCUT2D eigenvalue weighted by atomic mass is 10.2. The van der Waals surface area contributed by atoms with Crippen molar-refractivity contribution in [2.75, 3.05) is 0 Å². The minimum absolute atomic E-state index is 0. The van der Waals surface area contributed by atoms with Crippen LogP contribution in [0.3, 0.4) is 0 Å². The minimum atomic E-state index is -0.458. The van der Waals surface area contributed by atoms with Gasteiger partial charge in [-0.15, -0.1) is 0 Å². The van der Waals surface area contributed by atoms with Crippen LogP contribution < -0.4 is 11.5 Å². The SMILES string of the molecule is CCC(N)C(N)=O.[H+]. The fourth-order valence-electron chi connectivity index (χ4n) is 0.201. The van der Waals surface area contributed by atoms with Crippen molar-refractivity contribution in [3.8, 4) is 0 Å². The van der Waals surface area contributed by atoms with E-state index in [0.29, 0.717) is 6.42 Å². The van der Waals surface area contributed by atoms with Crippen LogP contribution in [-0.2, 0) is 4.79 Å². The molecule has 42 valence electrons. The molecule has 0 saturated carbocycles. The topological polar surface area (TPSA) is 69.1 Å². The number of nitrogens with two attached hydrogens (primary N) is 2. The summed E-state index contributed by atoms with van der Waals surface area (Å²) in [5.41, 5.74) is 9.92. The molecule has 0 spiro atoms. The Morgan fingerprint density at radius 1 is 2.00 bits per heavy atom. The van der Waals surface area contributed by atoms with Crippen LogP contribution in [0.2, 0.25) is 0 Å². The molecule has 3 nitrogen and oxygen atoms in total. The molecule has 0 aliphatic carbocycles. The molecule has 1 unspecified atom stereocenters. The predicted molar refractivity (Wildman–Crippen MR) is 28.6 cm³/mol. The van der Waals surface area contributed by atoms with Gasteiger partial charge in [-0.3, -0.25) is 4.79 Å². The van der Waals surface area contributed by atoms with Gasteiger partial charge in [0.05, 0.1) is 6.04 Å². The van der Waals surface area contributed by atoms with Crippen molar-refractivity contribution in [1.29, 1.82) is 0 Å². The summed E-state index contributed by atoms with van der Waals surface area (Å²) in [5, 5.41) is 0. The van der Waals surface area contributed by atoms with Crippen LogP contribution in [-0.4, -0.2) is 11.9 Å². The summed E-state index contributed by atoms with van der Waals surface area (Å²) in [6, 6.07) is -0.458. The Morgan fingerprint density at radius 2 is 2.43 bits per heavy atom. The lowest BCUT2D eigenvalue weighted by Gasteiger charge is -1.98. The van der Waals surface area contributed by atoms with Crippen LogP contribution in [0.15, 0.2) is 0 Å². The van der Waals surface area contributed by atoms with Crippen molar-refractivity contribution in [3.05, 3.63) is 0 Å². The quantitative estimate of drug-likeness (QED) is 0.486. The molecule has 0 bridgehead atoms. The molecule has 1 atom stereocenters. The zero-order valence-corrected chi connectivity index (χ0v) is 4.35. The summed E-state index contributed by atoms with van der Waals surface area (Å²) in [7, 11) is 0. The van der Waals surface area contributed by atoms with Gasteiger partial charge in [-0.25, -0.2) is 0 Å². The third kappa shape index (κ3) is 2.17. The molecule has 0 aliphatic heterocycles. The Bertz CT molecular complexity index is 76.4. The molecule has 0 radical (unpaired) electrons. The van der Waals surface area contributed by atoms with Crippen LogP contribution in [0.25, 0.3) is 0 Å². The lowest BCUT2D eigenvalue weighted by Crippen LogP contribution is -2.35. The monoisotopic (exact) mass is 103 g/mol. The maximum absolute atomic E-state index is 10.0. The molecular weight excluding hydrogens is 92.1 g/mol. The van der Waals surface area contributed by atoms with Gasteiger partial charge in [-0.2, -0.15) is 0 Å². The average Bonchev–Trinajstić information content (AvgIpc) is 1.65. The molecule has 7 heavy (non-hydrogen) atoms. The van der Waals surface area contributed by atoms with Crippen molar-refractivity contribution >= 4 is 5.91 Å². The Labute approximate surface area is 44.2 Å². The number of carbonyl (C=O) groups is 1. The second-order valence-electron chi connectivity index (χ2n) is 1.42. The minimum Gasteiger partial charge on any atom is -0.368 e. The first-order valence-corrected chi connectivity index (χ1v) is 2.23. The summed E-state index contributed by atoms with van der Waals surface area (Å²) in [6.45, 7) is 1.81. The van der Waals surface area contributed by atoms with Crippen LogP contribution in [0.5, 0.6) is 0 Å². The third-order valence-electron chi connectivity index (χ3n) is 0.805. The molecule has 0 aromatic heterocycles. The van der Waals surface area contributed by atoms with E-state index >= 15 is 0 Å². The number of rotatable bonds is 2. The Morgan fingerprint density at radius 3 is 2.43 bits per heavy atom. The molecule has 0 aromatic rings. The molecular formula is C4H11N2O+. The molecule has 4 N–H and O–H groups in total. The van der Waals surface area contributed by atoms with E-state index < -0.39 is 11.9 Å². The average molecular weight is 103 g/mol. The van der Waals surface area contributed by atoms with Crippen molar-refractivity contribution in [1.82, 2.24) is 0 Å². The number of carbonyl (C=O) groups excluding carboxylic acids is 1. The van der Waals surface area contributed by atoms with Crippen molar-refractivity contribution in [2.24, 2.45) is 11.5 Å². The van der Waals surface area contributed by atoms with Crippen LogP contribution in [0.4, 0.5) is 0 Å². The van der Waals surface area contributed by atoms with Gasteiger partial charge < -0.3 is 11.5 Å². The number of hydrogen-bond donors (Lipinski definition) is 2. The molecule has 0 aliphatic rings. The van der Waals surface area contributed by atoms with Gasteiger partial charge in [-0.1, -0.05) is 6.92 Å². The van der Waals surface area contributed by atoms with Crippen molar-refractivity contribution in [3.63, 3.8) is 0 Å². The number of primary amides is 1. The second kappa shape index (κ2) is 2.58. The van der Waals surface area contributed by atoms with Gasteiger partial charge in [0.1, 0.15) is 0 Å². The summed E-state index contributed by atoms with van der Waals surface area (Å²) >= 11 is 0. The van der Waals surface area contributed by atoms with E-state index in [9.17, 15) is 4.79 Å². The van der Waals surface area contributed by atoms with Gasteiger partial charge in [0.2, 0.25) is 5.91 Å². The van der Waals surface area contributed by atoms with E-state index in [2.05, 4.69) is 0 Å². The zero-order valence-electron chi connectivity index (χ0n) is 5.35. The highest BCUT2D eigenvalue weighted by atomic mass is 16.1. The lowest BCUT2D eigenvalue weighted by molar-refractivity contribution is -0.119. The molecule has 3 heteroatoms. The fraction of sp³-hybridized carbons (Fsp3) is 0.750. The summed E-state index contributed by atoms with van der Waals surface area (Å²) in [6.07, 6.45) is 0.620. The molecule has 0 heterocycles. The highest BCUT2D eigenvalue weighted by molar-refractivity contribution is 5.79. The third-order valence-corrected chi connectivity index (χ3v) is 0.805. The van der Waals surface area contributed by atoms with Gasteiger partial charge in [-0.05, 0) is 6.42 Å². The van der Waals surface area contributed by atoms with Crippen LogP contribution in [0.1, 0.15) is 14.8 Å². The Hall–Kier alpha value is -0.570. The van der Waals surface area contributed by atoms with E-state index in [4.69, 9.17) is 11.5 Å². The number of hydrogen-bond acceptors (Lipinski definition) is 2. The Balaban J connectivity index is 0. The maximum Gasteiger partial charge on any atom is 1.00 e. The first-order chi connectivity index (χ1) is 3.18. The van der Waals surface area contributed by atoms with Crippen molar-refractivity contribution < 1.29 is 6.22 Å². The van der Waals surface area contributed by atoms with Crippen LogP contribution >= 0.6 is 0 Å². The van der Waals surface area contributed by atoms with E-state index in [1.54, 1.807) is 0 Å². The Kier molecular flexibility index (Phi) is 2.37. The zero-order chi connectivity index (χ0) is 5.86. The molecule has 1 amide bonds. The highest BCUT2D eigenvalue weighted by Crippen LogP contribution is 1.80. The summed E-state index contributed by atoms with van der Waals surface area (Å²) < 4.78 is 0. The largest absolute Gasteiger partial charge is 1.00 e. The predicted octanol–water partition coefficient (Wildman–Crippen LogP) is -0.679. The molecule has 0 saturated heterocycles. The molecule has 0 fully saturated rings. The molecule has 0 aromatic carbocycles. The first kappa shape index (κ1) is 6.43. The fourth-order valence-corrected chi connectivity index (χ4v) is 0.201.